The van der Waals surface area contributed by atoms with Gasteiger partial charge in [-0.05, 0) is 18.8 Å². The van der Waals surface area contributed by atoms with E-state index in [-0.39, 0.29) is 11.3 Å². The minimum Gasteiger partial charge on any atom is -0.507 e. The SMILES string of the molecule is CC(C)CCc1c[nH]c(=O)cc1O. The molecule has 0 atom stereocenters. The Morgan fingerprint density at radius 1 is 1.54 bits per heavy atom. The molecule has 0 saturated heterocycles. The summed E-state index contributed by atoms with van der Waals surface area (Å²) in [5, 5.41) is 9.38. The summed E-state index contributed by atoms with van der Waals surface area (Å²) in [6.45, 7) is 4.26. The maximum absolute atomic E-state index is 10.8. The number of rotatable bonds is 3. The normalized spacial score (nSPS) is 10.7. The molecule has 0 fully saturated rings. The van der Waals surface area contributed by atoms with E-state index < -0.39 is 0 Å². The largest absolute Gasteiger partial charge is 0.507 e. The molecule has 1 aromatic rings. The first-order valence-corrected chi connectivity index (χ1v) is 4.50. The zero-order valence-corrected chi connectivity index (χ0v) is 8.00. The van der Waals surface area contributed by atoms with Gasteiger partial charge in [-0.1, -0.05) is 13.8 Å². The number of aromatic nitrogens is 1. The van der Waals surface area contributed by atoms with Crippen LogP contribution in [0.1, 0.15) is 25.8 Å². The van der Waals surface area contributed by atoms with Gasteiger partial charge in [0.2, 0.25) is 0 Å². The van der Waals surface area contributed by atoms with Crippen LogP contribution in [-0.2, 0) is 6.42 Å². The Kier molecular flexibility index (Phi) is 3.12. The van der Waals surface area contributed by atoms with E-state index >= 15 is 0 Å². The lowest BCUT2D eigenvalue weighted by molar-refractivity contribution is 0.461. The fourth-order valence-corrected chi connectivity index (χ4v) is 1.14. The Labute approximate surface area is 77.4 Å². The number of aromatic amines is 1. The topological polar surface area (TPSA) is 53.1 Å². The lowest BCUT2D eigenvalue weighted by atomic mass is 10.0. The third kappa shape index (κ3) is 2.93. The summed E-state index contributed by atoms with van der Waals surface area (Å²) in [7, 11) is 0. The quantitative estimate of drug-likeness (QED) is 0.745. The van der Waals surface area contributed by atoms with Gasteiger partial charge in [0.05, 0.1) is 0 Å². The van der Waals surface area contributed by atoms with Crippen LogP contribution in [0.2, 0.25) is 0 Å². The first-order chi connectivity index (χ1) is 6.09. The molecule has 72 valence electrons. The fraction of sp³-hybridized carbons (Fsp3) is 0.500. The molecule has 13 heavy (non-hydrogen) atoms. The molecule has 0 aliphatic carbocycles. The second kappa shape index (κ2) is 4.12. The van der Waals surface area contributed by atoms with Crippen molar-refractivity contribution in [2.45, 2.75) is 26.7 Å². The standard InChI is InChI=1S/C10H15NO2/c1-7(2)3-4-8-6-11-10(13)5-9(8)12/h5-7H,3-4H2,1-2H3,(H2,11,12,13). The Bertz CT molecular complexity index is 328. The van der Waals surface area contributed by atoms with Crippen molar-refractivity contribution in [2.75, 3.05) is 0 Å². The molecule has 3 nitrogen and oxygen atoms in total. The van der Waals surface area contributed by atoms with E-state index in [9.17, 15) is 9.90 Å². The average molecular weight is 181 g/mol. The highest BCUT2D eigenvalue weighted by atomic mass is 16.3. The van der Waals surface area contributed by atoms with Gasteiger partial charge < -0.3 is 10.1 Å². The molecule has 0 amide bonds. The minimum atomic E-state index is -0.259. The predicted octanol–water partition coefficient (Wildman–Crippen LogP) is 1.67. The Hall–Kier alpha value is -1.25. The van der Waals surface area contributed by atoms with Crippen molar-refractivity contribution in [1.82, 2.24) is 4.98 Å². The summed E-state index contributed by atoms with van der Waals surface area (Å²) >= 11 is 0. The van der Waals surface area contributed by atoms with Crippen molar-refractivity contribution >= 4 is 0 Å². The first-order valence-electron chi connectivity index (χ1n) is 4.50. The van der Waals surface area contributed by atoms with Gasteiger partial charge in [-0.15, -0.1) is 0 Å². The van der Waals surface area contributed by atoms with Crippen LogP contribution in [0.25, 0.3) is 0 Å². The minimum absolute atomic E-state index is 0.101. The Balaban J connectivity index is 2.72. The van der Waals surface area contributed by atoms with E-state index in [1.54, 1.807) is 6.20 Å². The van der Waals surface area contributed by atoms with Gasteiger partial charge in [0, 0.05) is 17.8 Å². The zero-order chi connectivity index (χ0) is 9.84. The molecule has 1 heterocycles. The van der Waals surface area contributed by atoms with Crippen LogP contribution >= 0.6 is 0 Å². The number of nitrogens with one attached hydrogen (secondary N) is 1. The van der Waals surface area contributed by atoms with E-state index in [0.717, 1.165) is 18.4 Å². The molecule has 0 aliphatic rings. The summed E-state index contributed by atoms with van der Waals surface area (Å²) in [6, 6.07) is 1.22. The summed E-state index contributed by atoms with van der Waals surface area (Å²) in [5.41, 5.74) is 0.555. The molecule has 0 spiro atoms. The molecule has 0 saturated carbocycles. The number of H-pyrrole nitrogens is 1. The van der Waals surface area contributed by atoms with Gasteiger partial charge >= 0.3 is 0 Å². The van der Waals surface area contributed by atoms with Crippen molar-refractivity contribution < 1.29 is 5.11 Å². The number of hydrogen-bond acceptors (Lipinski definition) is 2. The highest BCUT2D eigenvalue weighted by Gasteiger charge is 2.02. The summed E-state index contributed by atoms with van der Waals surface area (Å²) < 4.78 is 0. The molecule has 0 bridgehead atoms. The van der Waals surface area contributed by atoms with Crippen LogP contribution in [0, 0.1) is 5.92 Å². The van der Waals surface area contributed by atoms with Crippen molar-refractivity contribution in [3.63, 3.8) is 0 Å². The molecule has 1 rings (SSSR count). The molecule has 1 aromatic heterocycles. The lowest BCUT2D eigenvalue weighted by Gasteiger charge is -2.05. The smallest absolute Gasteiger partial charge is 0.251 e. The molecule has 0 aromatic carbocycles. The number of pyridine rings is 1. The van der Waals surface area contributed by atoms with E-state index in [1.807, 2.05) is 0 Å². The Morgan fingerprint density at radius 3 is 2.77 bits per heavy atom. The molecular formula is C10H15NO2. The van der Waals surface area contributed by atoms with Crippen LogP contribution in [0.4, 0.5) is 0 Å². The lowest BCUT2D eigenvalue weighted by Crippen LogP contribution is -2.04. The molecular weight excluding hydrogens is 166 g/mol. The van der Waals surface area contributed by atoms with E-state index in [1.165, 1.54) is 6.07 Å². The number of aryl methyl sites for hydroxylation is 1. The second-order valence-corrected chi connectivity index (χ2v) is 3.64. The van der Waals surface area contributed by atoms with Gasteiger partial charge in [-0.25, -0.2) is 0 Å². The van der Waals surface area contributed by atoms with E-state index in [4.69, 9.17) is 0 Å². The van der Waals surface area contributed by atoms with Gasteiger partial charge in [-0.2, -0.15) is 0 Å². The first kappa shape index (κ1) is 9.84. The summed E-state index contributed by atoms with van der Waals surface area (Å²) in [4.78, 5) is 13.3. The molecule has 2 N–H and O–H groups in total. The maximum atomic E-state index is 10.8. The maximum Gasteiger partial charge on any atom is 0.251 e. The fourth-order valence-electron chi connectivity index (χ4n) is 1.14. The highest BCUT2D eigenvalue weighted by Crippen LogP contribution is 2.16. The van der Waals surface area contributed by atoms with Gasteiger partial charge in [0.1, 0.15) is 5.75 Å². The predicted molar refractivity (Wildman–Crippen MR) is 51.9 cm³/mol. The number of hydrogen-bond donors (Lipinski definition) is 2. The monoisotopic (exact) mass is 181 g/mol. The molecule has 0 unspecified atom stereocenters. The molecule has 0 aliphatic heterocycles. The molecule has 3 heteroatoms. The Morgan fingerprint density at radius 2 is 2.23 bits per heavy atom. The summed E-state index contributed by atoms with van der Waals surface area (Å²) in [5.74, 6) is 0.704. The van der Waals surface area contributed by atoms with Crippen LogP contribution in [-0.4, -0.2) is 10.1 Å². The third-order valence-electron chi connectivity index (χ3n) is 1.98. The van der Waals surface area contributed by atoms with Gasteiger partial charge in [0.25, 0.3) is 5.56 Å². The zero-order valence-electron chi connectivity index (χ0n) is 8.00. The van der Waals surface area contributed by atoms with Crippen molar-refractivity contribution in [3.05, 3.63) is 28.2 Å². The van der Waals surface area contributed by atoms with Crippen LogP contribution in [0.3, 0.4) is 0 Å². The van der Waals surface area contributed by atoms with E-state index in [0.29, 0.717) is 5.92 Å². The van der Waals surface area contributed by atoms with Crippen molar-refractivity contribution in [1.29, 1.82) is 0 Å². The van der Waals surface area contributed by atoms with Crippen molar-refractivity contribution in [3.8, 4) is 5.75 Å². The average Bonchev–Trinajstić information content (AvgIpc) is 2.02. The van der Waals surface area contributed by atoms with Crippen LogP contribution in [0.5, 0.6) is 5.75 Å². The van der Waals surface area contributed by atoms with Crippen LogP contribution < -0.4 is 5.56 Å². The van der Waals surface area contributed by atoms with Crippen molar-refractivity contribution in [2.24, 2.45) is 5.92 Å². The summed E-state index contributed by atoms with van der Waals surface area (Å²) in [6.07, 6.45) is 3.40. The third-order valence-corrected chi connectivity index (χ3v) is 1.98. The van der Waals surface area contributed by atoms with Gasteiger partial charge in [0.15, 0.2) is 0 Å². The van der Waals surface area contributed by atoms with Crippen LogP contribution in [0.15, 0.2) is 17.1 Å². The second-order valence-electron chi connectivity index (χ2n) is 3.64. The van der Waals surface area contributed by atoms with Gasteiger partial charge in [-0.3, -0.25) is 4.79 Å². The highest BCUT2D eigenvalue weighted by molar-refractivity contribution is 5.28. The number of aromatic hydroxyl groups is 1. The molecule has 0 radical (unpaired) electrons. The van der Waals surface area contributed by atoms with E-state index in [2.05, 4.69) is 18.8 Å².